The van der Waals surface area contributed by atoms with Crippen molar-refractivity contribution in [2.24, 2.45) is 16.5 Å². The lowest BCUT2D eigenvalue weighted by Crippen LogP contribution is -2.21. The molecule has 6 heteroatoms. The number of nitrogens with zero attached hydrogens (tertiary/aromatic N) is 2. The number of aromatic nitrogens is 1. The molecule has 74 valence electrons. The van der Waals surface area contributed by atoms with Crippen molar-refractivity contribution in [3.05, 3.63) is 24.3 Å². The number of para-hydroxylation sites is 2. The zero-order valence-corrected chi connectivity index (χ0v) is 7.27. The van der Waals surface area contributed by atoms with Crippen molar-refractivity contribution in [3.63, 3.8) is 0 Å². The van der Waals surface area contributed by atoms with Crippen molar-refractivity contribution in [1.29, 1.82) is 0 Å². The van der Waals surface area contributed by atoms with E-state index in [-0.39, 0.29) is 17.5 Å². The zero-order chi connectivity index (χ0) is 9.26. The second-order valence-corrected chi connectivity index (χ2v) is 2.50. The Hall–Kier alpha value is -2.08. The lowest BCUT2D eigenvalue weighted by Gasteiger charge is -1.84. The average Bonchev–Trinajstić information content (AvgIpc) is 2.44. The van der Waals surface area contributed by atoms with E-state index in [1.165, 1.54) is 0 Å². The SMILES string of the molecule is NC(N)=Nc1nc2ccccc2o1.O. The van der Waals surface area contributed by atoms with Crippen LogP contribution in [0.4, 0.5) is 6.01 Å². The maximum Gasteiger partial charge on any atom is 0.325 e. The Balaban J connectivity index is 0.000000980. The van der Waals surface area contributed by atoms with Crippen molar-refractivity contribution >= 4 is 23.1 Å². The summed E-state index contributed by atoms with van der Waals surface area (Å²) < 4.78 is 5.22. The first-order valence-corrected chi connectivity index (χ1v) is 3.71. The van der Waals surface area contributed by atoms with E-state index in [0.29, 0.717) is 5.58 Å². The highest BCUT2D eigenvalue weighted by molar-refractivity contribution is 5.79. The van der Waals surface area contributed by atoms with Crippen LogP contribution in [0.5, 0.6) is 0 Å². The minimum atomic E-state index is -0.0634. The highest BCUT2D eigenvalue weighted by Crippen LogP contribution is 2.19. The lowest BCUT2D eigenvalue weighted by molar-refractivity contribution is 0.613. The molecule has 0 saturated carbocycles. The van der Waals surface area contributed by atoms with Gasteiger partial charge in [0.05, 0.1) is 0 Å². The highest BCUT2D eigenvalue weighted by Gasteiger charge is 2.02. The maximum atomic E-state index is 5.22. The normalized spacial score (nSPS) is 9.43. The molecule has 0 aliphatic rings. The number of nitrogens with two attached hydrogens (primary N) is 2. The third kappa shape index (κ3) is 1.80. The van der Waals surface area contributed by atoms with Gasteiger partial charge in [0.2, 0.25) is 0 Å². The van der Waals surface area contributed by atoms with Crippen LogP contribution >= 0.6 is 0 Å². The van der Waals surface area contributed by atoms with Crippen LogP contribution < -0.4 is 11.5 Å². The molecule has 0 aliphatic heterocycles. The van der Waals surface area contributed by atoms with E-state index in [9.17, 15) is 0 Å². The van der Waals surface area contributed by atoms with Crippen LogP contribution in [0.3, 0.4) is 0 Å². The predicted octanol–water partition coefficient (Wildman–Crippen LogP) is -0.0920. The third-order valence-electron chi connectivity index (χ3n) is 1.51. The number of hydrogen-bond acceptors (Lipinski definition) is 3. The molecule has 1 aromatic heterocycles. The number of aliphatic imine (C=N–C) groups is 1. The van der Waals surface area contributed by atoms with Crippen LogP contribution in [0.2, 0.25) is 0 Å². The summed E-state index contributed by atoms with van der Waals surface area (Å²) >= 11 is 0. The number of benzene rings is 1. The average molecular weight is 194 g/mol. The minimum Gasteiger partial charge on any atom is -0.422 e. The summed E-state index contributed by atoms with van der Waals surface area (Å²) in [5.41, 5.74) is 11.8. The molecular formula is C8H10N4O2. The van der Waals surface area contributed by atoms with E-state index in [4.69, 9.17) is 15.9 Å². The Kier molecular flexibility index (Phi) is 2.68. The zero-order valence-electron chi connectivity index (χ0n) is 7.27. The molecule has 0 bridgehead atoms. The summed E-state index contributed by atoms with van der Waals surface area (Å²) in [5.74, 6) is -0.0634. The standard InChI is InChI=1S/C8H8N4O.H2O/c9-7(10)12-8-11-5-3-1-2-4-6(5)13-8;/h1-4H,(H4,9,10,11,12);1H2. The second-order valence-electron chi connectivity index (χ2n) is 2.50. The fourth-order valence-corrected chi connectivity index (χ4v) is 1.02. The Bertz CT molecular complexity index is 426. The molecule has 0 radical (unpaired) electrons. The molecule has 1 aromatic carbocycles. The van der Waals surface area contributed by atoms with E-state index in [1.54, 1.807) is 6.07 Å². The molecule has 0 fully saturated rings. The number of oxazole rings is 1. The van der Waals surface area contributed by atoms with Gasteiger partial charge in [-0.1, -0.05) is 12.1 Å². The van der Waals surface area contributed by atoms with Crippen LogP contribution in [0, 0.1) is 0 Å². The second kappa shape index (κ2) is 3.75. The molecule has 0 unspecified atom stereocenters. The summed E-state index contributed by atoms with van der Waals surface area (Å²) in [6.07, 6.45) is 0. The van der Waals surface area contributed by atoms with Crippen LogP contribution in [0.1, 0.15) is 0 Å². The fourth-order valence-electron chi connectivity index (χ4n) is 1.02. The summed E-state index contributed by atoms with van der Waals surface area (Å²) in [4.78, 5) is 7.73. The van der Waals surface area contributed by atoms with Gasteiger partial charge in [-0.15, -0.1) is 0 Å². The lowest BCUT2D eigenvalue weighted by atomic mass is 10.3. The Morgan fingerprint density at radius 3 is 2.64 bits per heavy atom. The molecule has 0 amide bonds. The first kappa shape index (κ1) is 10.0. The van der Waals surface area contributed by atoms with Crippen molar-refractivity contribution in [1.82, 2.24) is 4.98 Å². The molecular weight excluding hydrogens is 184 g/mol. The van der Waals surface area contributed by atoms with Gasteiger partial charge in [-0.3, -0.25) is 0 Å². The van der Waals surface area contributed by atoms with E-state index in [2.05, 4.69) is 9.98 Å². The van der Waals surface area contributed by atoms with Gasteiger partial charge in [-0.05, 0) is 12.1 Å². The van der Waals surface area contributed by atoms with E-state index in [1.807, 2.05) is 18.2 Å². The molecule has 0 aliphatic carbocycles. The summed E-state index contributed by atoms with van der Waals surface area (Å²) in [6.45, 7) is 0. The quantitative estimate of drug-likeness (QED) is 0.486. The predicted molar refractivity (Wildman–Crippen MR) is 53.1 cm³/mol. The third-order valence-corrected chi connectivity index (χ3v) is 1.51. The van der Waals surface area contributed by atoms with E-state index >= 15 is 0 Å². The largest absolute Gasteiger partial charge is 0.422 e. The maximum absolute atomic E-state index is 5.22. The fraction of sp³-hybridized carbons (Fsp3) is 0. The van der Waals surface area contributed by atoms with Crippen molar-refractivity contribution in [2.75, 3.05) is 0 Å². The van der Waals surface area contributed by atoms with Crippen LogP contribution in [0.25, 0.3) is 11.1 Å². The molecule has 14 heavy (non-hydrogen) atoms. The molecule has 2 aromatic rings. The van der Waals surface area contributed by atoms with Crippen molar-refractivity contribution < 1.29 is 9.89 Å². The van der Waals surface area contributed by atoms with Crippen LogP contribution in [0.15, 0.2) is 33.7 Å². The first-order valence-electron chi connectivity index (χ1n) is 3.71. The minimum absolute atomic E-state index is 0. The van der Waals surface area contributed by atoms with Gasteiger partial charge in [0, 0.05) is 0 Å². The summed E-state index contributed by atoms with van der Waals surface area (Å²) in [5, 5.41) is 0. The smallest absolute Gasteiger partial charge is 0.325 e. The van der Waals surface area contributed by atoms with Crippen LogP contribution in [-0.2, 0) is 0 Å². The van der Waals surface area contributed by atoms with Gasteiger partial charge >= 0.3 is 6.01 Å². The monoisotopic (exact) mass is 194 g/mol. The Morgan fingerprint density at radius 1 is 1.29 bits per heavy atom. The van der Waals surface area contributed by atoms with Crippen molar-refractivity contribution in [3.8, 4) is 0 Å². The van der Waals surface area contributed by atoms with E-state index in [0.717, 1.165) is 5.52 Å². The van der Waals surface area contributed by atoms with Crippen LogP contribution in [-0.4, -0.2) is 16.4 Å². The molecule has 6 N–H and O–H groups in total. The summed E-state index contributed by atoms with van der Waals surface area (Å²) in [6, 6.07) is 7.52. The van der Waals surface area contributed by atoms with Gasteiger partial charge in [-0.25, -0.2) is 0 Å². The molecule has 0 saturated heterocycles. The number of fused-ring (bicyclic) bond motifs is 1. The summed E-state index contributed by atoms with van der Waals surface area (Å²) in [7, 11) is 0. The molecule has 6 nitrogen and oxygen atoms in total. The van der Waals surface area contributed by atoms with Gasteiger partial charge < -0.3 is 21.4 Å². The van der Waals surface area contributed by atoms with Gasteiger partial charge in [0.25, 0.3) is 0 Å². The molecule has 0 atom stereocenters. The van der Waals surface area contributed by atoms with Crippen molar-refractivity contribution in [2.45, 2.75) is 0 Å². The van der Waals surface area contributed by atoms with Gasteiger partial charge in [0.15, 0.2) is 11.5 Å². The number of hydrogen-bond donors (Lipinski definition) is 2. The highest BCUT2D eigenvalue weighted by atomic mass is 16.4. The molecule has 1 heterocycles. The topological polar surface area (TPSA) is 122 Å². The Labute approximate surface area is 79.5 Å². The molecule has 2 rings (SSSR count). The number of guanidine groups is 1. The molecule has 0 spiro atoms. The first-order chi connectivity index (χ1) is 6.25. The van der Waals surface area contributed by atoms with Gasteiger partial charge in [-0.2, -0.15) is 9.98 Å². The van der Waals surface area contributed by atoms with Gasteiger partial charge in [0.1, 0.15) is 5.52 Å². The van der Waals surface area contributed by atoms with E-state index < -0.39 is 0 Å². The Morgan fingerprint density at radius 2 is 2.00 bits per heavy atom. The number of rotatable bonds is 1.